The van der Waals surface area contributed by atoms with Gasteiger partial charge in [-0.3, -0.25) is 0 Å². The van der Waals surface area contributed by atoms with Crippen LogP contribution in [0.15, 0.2) is 23.1 Å². The molecule has 0 aromatic heterocycles. The quantitative estimate of drug-likeness (QED) is 0.776. The van der Waals surface area contributed by atoms with Crippen molar-refractivity contribution in [1.29, 1.82) is 0 Å². The van der Waals surface area contributed by atoms with Gasteiger partial charge in [-0.15, -0.1) is 11.8 Å². The van der Waals surface area contributed by atoms with Crippen molar-refractivity contribution in [2.24, 2.45) is 0 Å². The number of hydrogen-bond donors (Lipinski definition) is 2. The topological polar surface area (TPSA) is 52.6 Å². The minimum absolute atomic E-state index is 0.190. The number of rotatable bonds is 6. The monoisotopic (exact) mass is 268 g/mol. The van der Waals surface area contributed by atoms with Crippen LogP contribution in [0.1, 0.15) is 17.3 Å². The summed E-state index contributed by atoms with van der Waals surface area (Å²) in [4.78, 5) is 14.2. The number of thioether (sulfide) groups is 1. The average Bonchev–Trinajstić information content (AvgIpc) is 2.26. The maximum Gasteiger partial charge on any atom is 0.338 e. The van der Waals surface area contributed by atoms with Crippen LogP contribution in [0.2, 0.25) is 0 Å². The highest BCUT2D eigenvalue weighted by Crippen LogP contribution is 2.27. The van der Waals surface area contributed by atoms with E-state index in [0.717, 1.165) is 11.4 Å². The average molecular weight is 268 g/mol. The fraction of sp³-hybridized carbons (Fsp3) is 0.462. The summed E-state index contributed by atoms with van der Waals surface area (Å²) < 4.78 is 0. The number of nitrogens with zero attached hydrogens (tertiary/aromatic N) is 1. The molecule has 1 aromatic carbocycles. The molecule has 1 atom stereocenters. The standard InChI is InChI=1S/C13H20N2O2S/c1-9(8-15(2)3)14-10-6-5-7-11(18-4)12(10)13(16)17/h5-7,9,14H,8H2,1-4H3,(H,16,17). The molecule has 0 bridgehead atoms. The second kappa shape index (κ2) is 6.66. The maximum atomic E-state index is 11.3. The third-order valence-electron chi connectivity index (χ3n) is 2.50. The van der Waals surface area contributed by atoms with E-state index in [1.54, 1.807) is 0 Å². The first-order chi connectivity index (χ1) is 8.45. The van der Waals surface area contributed by atoms with Crippen LogP contribution in [0.4, 0.5) is 5.69 Å². The molecule has 1 aromatic rings. The minimum Gasteiger partial charge on any atom is -0.478 e. The van der Waals surface area contributed by atoms with Gasteiger partial charge in [-0.05, 0) is 39.4 Å². The number of benzene rings is 1. The number of carboxylic acid groups (broad SMARTS) is 1. The summed E-state index contributed by atoms with van der Waals surface area (Å²) in [6, 6.07) is 5.71. The summed E-state index contributed by atoms with van der Waals surface area (Å²) in [5, 5.41) is 12.6. The zero-order chi connectivity index (χ0) is 13.7. The highest BCUT2D eigenvalue weighted by molar-refractivity contribution is 7.98. The molecule has 100 valence electrons. The van der Waals surface area contributed by atoms with Gasteiger partial charge in [0, 0.05) is 17.5 Å². The smallest absolute Gasteiger partial charge is 0.338 e. The lowest BCUT2D eigenvalue weighted by Gasteiger charge is -2.21. The summed E-state index contributed by atoms with van der Waals surface area (Å²) in [5.74, 6) is -0.889. The Morgan fingerprint density at radius 2 is 2.17 bits per heavy atom. The zero-order valence-corrected chi connectivity index (χ0v) is 12.0. The molecule has 0 saturated carbocycles. The van der Waals surface area contributed by atoms with E-state index >= 15 is 0 Å². The summed E-state index contributed by atoms with van der Waals surface area (Å²) >= 11 is 1.45. The highest BCUT2D eigenvalue weighted by atomic mass is 32.2. The number of nitrogens with one attached hydrogen (secondary N) is 1. The zero-order valence-electron chi connectivity index (χ0n) is 11.2. The fourth-order valence-corrected chi connectivity index (χ4v) is 2.52. The predicted octanol–water partition coefficient (Wildman–Crippen LogP) is 2.47. The molecule has 0 aliphatic heterocycles. The van der Waals surface area contributed by atoms with Crippen molar-refractivity contribution in [1.82, 2.24) is 4.90 Å². The molecule has 0 heterocycles. The van der Waals surface area contributed by atoms with Crippen LogP contribution in [0.3, 0.4) is 0 Å². The summed E-state index contributed by atoms with van der Waals surface area (Å²) in [6.07, 6.45) is 1.88. The van der Waals surface area contributed by atoms with Crippen LogP contribution in [0.25, 0.3) is 0 Å². The normalized spacial score (nSPS) is 12.5. The van der Waals surface area contributed by atoms with Gasteiger partial charge in [-0.1, -0.05) is 6.07 Å². The molecule has 0 saturated heterocycles. The highest BCUT2D eigenvalue weighted by Gasteiger charge is 2.16. The van der Waals surface area contributed by atoms with Crippen LogP contribution in [-0.4, -0.2) is 48.9 Å². The van der Waals surface area contributed by atoms with Crippen LogP contribution in [0.5, 0.6) is 0 Å². The predicted molar refractivity (Wildman–Crippen MR) is 76.8 cm³/mol. The first-order valence-electron chi connectivity index (χ1n) is 5.77. The van der Waals surface area contributed by atoms with Gasteiger partial charge >= 0.3 is 5.97 Å². The Hall–Kier alpha value is -1.20. The first-order valence-corrected chi connectivity index (χ1v) is 6.99. The number of carbonyl (C=O) groups is 1. The Morgan fingerprint density at radius 3 is 2.67 bits per heavy atom. The number of anilines is 1. The van der Waals surface area contributed by atoms with Gasteiger partial charge in [-0.25, -0.2) is 4.79 Å². The van der Waals surface area contributed by atoms with E-state index in [-0.39, 0.29) is 6.04 Å². The van der Waals surface area contributed by atoms with Crippen LogP contribution < -0.4 is 5.32 Å². The second-order valence-electron chi connectivity index (χ2n) is 4.50. The van der Waals surface area contributed by atoms with Gasteiger partial charge in [-0.2, -0.15) is 0 Å². The third-order valence-corrected chi connectivity index (χ3v) is 3.28. The molecule has 2 N–H and O–H groups in total. The lowest BCUT2D eigenvalue weighted by molar-refractivity contribution is 0.0694. The van der Waals surface area contributed by atoms with Crippen molar-refractivity contribution in [2.45, 2.75) is 17.9 Å². The van der Waals surface area contributed by atoms with E-state index in [9.17, 15) is 9.90 Å². The second-order valence-corrected chi connectivity index (χ2v) is 5.34. The van der Waals surface area contributed by atoms with Crippen molar-refractivity contribution in [3.8, 4) is 0 Å². The lowest BCUT2D eigenvalue weighted by atomic mass is 10.1. The maximum absolute atomic E-state index is 11.3. The van der Waals surface area contributed by atoms with E-state index in [2.05, 4.69) is 10.2 Å². The van der Waals surface area contributed by atoms with Gasteiger partial charge in [0.15, 0.2) is 0 Å². The van der Waals surface area contributed by atoms with Crippen molar-refractivity contribution in [3.63, 3.8) is 0 Å². The summed E-state index contributed by atoms with van der Waals surface area (Å²) in [6.45, 7) is 2.89. The molecular weight excluding hydrogens is 248 g/mol. The molecule has 0 radical (unpaired) electrons. The molecule has 0 aliphatic carbocycles. The van der Waals surface area contributed by atoms with E-state index in [4.69, 9.17) is 0 Å². The number of likely N-dealkylation sites (N-methyl/N-ethyl adjacent to an activating group) is 1. The minimum atomic E-state index is -0.889. The molecule has 0 amide bonds. The molecule has 5 heteroatoms. The lowest BCUT2D eigenvalue weighted by Crippen LogP contribution is -2.30. The third kappa shape index (κ3) is 3.92. The van der Waals surface area contributed by atoms with E-state index in [1.807, 2.05) is 45.5 Å². The summed E-state index contributed by atoms with van der Waals surface area (Å²) in [7, 11) is 3.99. The molecule has 0 fully saturated rings. The van der Waals surface area contributed by atoms with E-state index < -0.39 is 5.97 Å². The largest absolute Gasteiger partial charge is 0.478 e. The molecule has 0 aliphatic rings. The molecular formula is C13H20N2O2S. The fourth-order valence-electron chi connectivity index (χ4n) is 1.90. The van der Waals surface area contributed by atoms with Crippen molar-refractivity contribution in [2.75, 3.05) is 32.2 Å². The number of carboxylic acids is 1. The van der Waals surface area contributed by atoms with Gasteiger partial charge in [0.25, 0.3) is 0 Å². The van der Waals surface area contributed by atoms with Crippen LogP contribution in [0, 0.1) is 0 Å². The Bertz CT molecular complexity index is 421. The van der Waals surface area contributed by atoms with Crippen LogP contribution >= 0.6 is 11.8 Å². The van der Waals surface area contributed by atoms with Crippen molar-refractivity contribution < 1.29 is 9.90 Å². The number of aromatic carboxylic acids is 1. The van der Waals surface area contributed by atoms with Crippen LogP contribution in [-0.2, 0) is 0 Å². The Labute approximate surface area is 112 Å². The first kappa shape index (κ1) is 14.9. The van der Waals surface area contributed by atoms with Gasteiger partial charge < -0.3 is 15.3 Å². The Balaban J connectivity index is 2.98. The summed E-state index contributed by atoms with van der Waals surface area (Å²) in [5.41, 5.74) is 1.04. The van der Waals surface area contributed by atoms with Gasteiger partial charge in [0.05, 0.1) is 11.3 Å². The van der Waals surface area contributed by atoms with Crippen molar-refractivity contribution in [3.05, 3.63) is 23.8 Å². The SMILES string of the molecule is CSc1cccc(NC(C)CN(C)C)c1C(=O)O. The van der Waals surface area contributed by atoms with Crippen molar-refractivity contribution >= 4 is 23.4 Å². The molecule has 0 spiro atoms. The number of hydrogen-bond acceptors (Lipinski definition) is 4. The Morgan fingerprint density at radius 1 is 1.50 bits per heavy atom. The molecule has 18 heavy (non-hydrogen) atoms. The molecule has 1 rings (SSSR count). The van der Waals surface area contributed by atoms with Gasteiger partial charge in [0.1, 0.15) is 0 Å². The molecule has 1 unspecified atom stereocenters. The molecule has 4 nitrogen and oxygen atoms in total. The Kier molecular flexibility index (Phi) is 5.50. The van der Waals surface area contributed by atoms with E-state index in [0.29, 0.717) is 11.3 Å². The van der Waals surface area contributed by atoms with Gasteiger partial charge in [0.2, 0.25) is 0 Å². The van der Waals surface area contributed by atoms with E-state index in [1.165, 1.54) is 11.8 Å².